The Morgan fingerprint density at radius 2 is 2.24 bits per heavy atom. The van der Waals surface area contributed by atoms with Crippen LogP contribution in [-0.4, -0.2) is 11.0 Å². The third-order valence-electron chi connectivity index (χ3n) is 3.22. The van der Waals surface area contributed by atoms with E-state index in [1.54, 1.807) is 18.2 Å². The van der Waals surface area contributed by atoms with Crippen LogP contribution in [0.15, 0.2) is 18.2 Å². The number of nitro groups is 1. The minimum absolute atomic E-state index is 0.150. The second-order valence-corrected chi connectivity index (χ2v) is 4.98. The van der Waals surface area contributed by atoms with Gasteiger partial charge in [-0.2, -0.15) is 0 Å². The summed E-state index contributed by atoms with van der Waals surface area (Å²) in [6, 6.07) is 5.35. The third kappa shape index (κ3) is 3.19. The highest BCUT2D eigenvalue weighted by molar-refractivity contribution is 5.57. The summed E-state index contributed by atoms with van der Waals surface area (Å²) in [4.78, 5) is 10.4. The maximum atomic E-state index is 10.7. The van der Waals surface area contributed by atoms with Gasteiger partial charge in [0, 0.05) is 23.9 Å². The van der Waals surface area contributed by atoms with Gasteiger partial charge >= 0.3 is 0 Å². The normalized spacial score (nSPS) is 16.6. The first kappa shape index (κ1) is 11.9. The lowest BCUT2D eigenvalue weighted by atomic mass is 10.1. The molecule has 17 heavy (non-hydrogen) atoms. The van der Waals surface area contributed by atoms with Crippen molar-refractivity contribution >= 4 is 11.4 Å². The van der Waals surface area contributed by atoms with Gasteiger partial charge in [0.15, 0.2) is 0 Å². The number of nitro benzene ring substituents is 1. The molecule has 0 bridgehead atoms. The van der Waals surface area contributed by atoms with E-state index in [2.05, 4.69) is 12.2 Å². The van der Waals surface area contributed by atoms with Crippen LogP contribution in [-0.2, 0) is 0 Å². The Hall–Kier alpha value is -1.58. The molecule has 1 unspecified atom stereocenters. The van der Waals surface area contributed by atoms with Crippen LogP contribution >= 0.6 is 0 Å². The number of nitrogens with zero attached hydrogens (tertiary/aromatic N) is 1. The van der Waals surface area contributed by atoms with Gasteiger partial charge < -0.3 is 5.32 Å². The number of non-ortho nitro benzene ring substituents is 1. The van der Waals surface area contributed by atoms with E-state index in [1.165, 1.54) is 12.8 Å². The van der Waals surface area contributed by atoms with Gasteiger partial charge in [-0.3, -0.25) is 10.1 Å². The number of aryl methyl sites for hydroxylation is 1. The molecule has 1 atom stereocenters. The smallest absolute Gasteiger partial charge is 0.271 e. The lowest BCUT2D eigenvalue weighted by Crippen LogP contribution is -2.16. The summed E-state index contributed by atoms with van der Waals surface area (Å²) in [6.45, 7) is 4.10. The van der Waals surface area contributed by atoms with Gasteiger partial charge in [-0.05, 0) is 31.7 Å². The van der Waals surface area contributed by atoms with Crippen LogP contribution in [0.4, 0.5) is 11.4 Å². The van der Waals surface area contributed by atoms with Crippen LogP contribution in [0.2, 0.25) is 0 Å². The van der Waals surface area contributed by atoms with Crippen LogP contribution in [0.3, 0.4) is 0 Å². The standard InChI is InChI=1S/C13H18N2O2/c1-9-3-6-12(15(16)17)8-13(9)14-10(2)7-11-4-5-11/h3,6,8,10-11,14H,4-5,7H2,1-2H3. The van der Waals surface area contributed by atoms with E-state index in [9.17, 15) is 10.1 Å². The molecule has 1 aliphatic carbocycles. The van der Waals surface area contributed by atoms with Crippen molar-refractivity contribution in [3.63, 3.8) is 0 Å². The molecule has 1 fully saturated rings. The molecule has 4 heteroatoms. The summed E-state index contributed by atoms with van der Waals surface area (Å²) in [5, 5.41) is 14.1. The summed E-state index contributed by atoms with van der Waals surface area (Å²) in [5.74, 6) is 0.858. The fraction of sp³-hybridized carbons (Fsp3) is 0.538. The highest BCUT2D eigenvalue weighted by Gasteiger charge is 2.23. The molecular weight excluding hydrogens is 216 g/mol. The number of benzene rings is 1. The Kier molecular flexibility index (Phi) is 3.31. The Bertz CT molecular complexity index is 427. The highest BCUT2D eigenvalue weighted by Crippen LogP contribution is 2.34. The molecule has 1 saturated carbocycles. The van der Waals surface area contributed by atoms with Gasteiger partial charge in [-0.1, -0.05) is 18.9 Å². The Balaban J connectivity index is 2.07. The maximum absolute atomic E-state index is 10.7. The van der Waals surface area contributed by atoms with E-state index in [4.69, 9.17) is 0 Å². The number of anilines is 1. The summed E-state index contributed by atoms with van der Waals surface area (Å²) < 4.78 is 0. The molecule has 2 rings (SSSR count). The van der Waals surface area contributed by atoms with Gasteiger partial charge in [0.1, 0.15) is 0 Å². The van der Waals surface area contributed by atoms with Gasteiger partial charge in [-0.15, -0.1) is 0 Å². The molecule has 4 nitrogen and oxygen atoms in total. The van der Waals surface area contributed by atoms with Gasteiger partial charge in [0.2, 0.25) is 0 Å². The average molecular weight is 234 g/mol. The van der Waals surface area contributed by atoms with E-state index in [-0.39, 0.29) is 10.6 Å². The van der Waals surface area contributed by atoms with Crippen LogP contribution in [0.5, 0.6) is 0 Å². The minimum atomic E-state index is -0.351. The summed E-state index contributed by atoms with van der Waals surface area (Å²) >= 11 is 0. The third-order valence-corrected chi connectivity index (χ3v) is 3.22. The number of hydrogen-bond acceptors (Lipinski definition) is 3. The molecule has 92 valence electrons. The molecule has 1 aliphatic rings. The van der Waals surface area contributed by atoms with Crippen LogP contribution in [0.1, 0.15) is 31.7 Å². The van der Waals surface area contributed by atoms with Crippen molar-refractivity contribution in [2.24, 2.45) is 5.92 Å². The van der Waals surface area contributed by atoms with Crippen molar-refractivity contribution in [3.8, 4) is 0 Å². The van der Waals surface area contributed by atoms with E-state index in [1.807, 2.05) is 6.92 Å². The Morgan fingerprint density at radius 3 is 2.82 bits per heavy atom. The van der Waals surface area contributed by atoms with Crippen molar-refractivity contribution < 1.29 is 4.92 Å². The molecule has 0 aliphatic heterocycles. The zero-order valence-corrected chi connectivity index (χ0v) is 10.3. The SMILES string of the molecule is Cc1ccc([N+](=O)[O-])cc1NC(C)CC1CC1. The predicted molar refractivity (Wildman–Crippen MR) is 68.3 cm³/mol. The Labute approximate surface area is 101 Å². The van der Waals surface area contributed by atoms with Crippen LogP contribution in [0.25, 0.3) is 0 Å². The summed E-state index contributed by atoms with van der Waals surface area (Å²) in [6.07, 6.45) is 3.82. The van der Waals surface area contributed by atoms with E-state index in [0.717, 1.165) is 23.6 Å². The van der Waals surface area contributed by atoms with Crippen LogP contribution < -0.4 is 5.32 Å². The van der Waals surface area contributed by atoms with Crippen molar-refractivity contribution in [2.75, 3.05) is 5.32 Å². The average Bonchev–Trinajstić information content (AvgIpc) is 3.04. The van der Waals surface area contributed by atoms with E-state index in [0.29, 0.717) is 6.04 Å². The summed E-state index contributed by atoms with van der Waals surface area (Å²) in [7, 11) is 0. The highest BCUT2D eigenvalue weighted by atomic mass is 16.6. The molecule has 1 aromatic rings. The zero-order chi connectivity index (χ0) is 12.4. The Morgan fingerprint density at radius 1 is 1.53 bits per heavy atom. The second kappa shape index (κ2) is 4.73. The van der Waals surface area contributed by atoms with Crippen molar-refractivity contribution in [1.82, 2.24) is 0 Å². The largest absolute Gasteiger partial charge is 0.382 e. The molecule has 0 amide bonds. The monoisotopic (exact) mass is 234 g/mol. The molecule has 0 spiro atoms. The van der Waals surface area contributed by atoms with Crippen molar-refractivity contribution in [1.29, 1.82) is 0 Å². The number of nitrogens with one attached hydrogen (secondary N) is 1. The zero-order valence-electron chi connectivity index (χ0n) is 10.3. The molecule has 0 aromatic heterocycles. The lowest BCUT2D eigenvalue weighted by Gasteiger charge is -2.16. The van der Waals surface area contributed by atoms with Gasteiger partial charge in [0.25, 0.3) is 5.69 Å². The first-order chi connectivity index (χ1) is 8.06. The number of hydrogen-bond donors (Lipinski definition) is 1. The van der Waals surface area contributed by atoms with E-state index < -0.39 is 0 Å². The number of rotatable bonds is 5. The molecular formula is C13H18N2O2. The van der Waals surface area contributed by atoms with Crippen LogP contribution in [0, 0.1) is 23.0 Å². The van der Waals surface area contributed by atoms with Gasteiger partial charge in [0.05, 0.1) is 4.92 Å². The molecule has 1 N–H and O–H groups in total. The fourth-order valence-corrected chi connectivity index (χ4v) is 2.06. The van der Waals surface area contributed by atoms with E-state index >= 15 is 0 Å². The maximum Gasteiger partial charge on any atom is 0.271 e. The fourth-order valence-electron chi connectivity index (χ4n) is 2.06. The molecule has 0 radical (unpaired) electrons. The molecule has 0 saturated heterocycles. The minimum Gasteiger partial charge on any atom is -0.382 e. The summed E-state index contributed by atoms with van der Waals surface area (Å²) in [5.41, 5.74) is 2.09. The predicted octanol–water partition coefficient (Wildman–Crippen LogP) is 3.50. The second-order valence-electron chi connectivity index (χ2n) is 4.98. The van der Waals surface area contributed by atoms with Gasteiger partial charge in [-0.25, -0.2) is 0 Å². The first-order valence-corrected chi connectivity index (χ1v) is 6.08. The first-order valence-electron chi connectivity index (χ1n) is 6.08. The molecule has 0 heterocycles. The quantitative estimate of drug-likeness (QED) is 0.626. The topological polar surface area (TPSA) is 55.2 Å². The lowest BCUT2D eigenvalue weighted by molar-refractivity contribution is -0.384. The van der Waals surface area contributed by atoms with Crippen molar-refractivity contribution in [3.05, 3.63) is 33.9 Å². The molecule has 1 aromatic carbocycles. The van der Waals surface area contributed by atoms with Crippen molar-refractivity contribution in [2.45, 2.75) is 39.2 Å².